The average molecular weight is 323 g/mol. The van der Waals surface area contributed by atoms with Gasteiger partial charge in [-0.1, -0.05) is 11.6 Å². The Hall–Kier alpha value is -1.52. The van der Waals surface area contributed by atoms with E-state index in [4.69, 9.17) is 23.2 Å². The van der Waals surface area contributed by atoms with Gasteiger partial charge in [0.05, 0.1) is 29.2 Å². The van der Waals surface area contributed by atoms with E-state index in [1.54, 1.807) is 0 Å². The first-order valence-electron chi connectivity index (χ1n) is 6.71. The maximum atomic E-state index is 6.12. The Morgan fingerprint density at radius 2 is 2.00 bits per heavy atom. The molecule has 0 bridgehead atoms. The summed E-state index contributed by atoms with van der Waals surface area (Å²) in [6.45, 7) is 4.79. The summed E-state index contributed by atoms with van der Waals surface area (Å²) in [7, 11) is 1.96. The fourth-order valence-electron chi connectivity index (χ4n) is 2.63. The molecule has 3 rings (SSSR count). The van der Waals surface area contributed by atoms with Crippen LogP contribution in [-0.4, -0.2) is 19.3 Å². The monoisotopic (exact) mass is 322 g/mol. The lowest BCUT2D eigenvalue weighted by atomic mass is 10.2. The van der Waals surface area contributed by atoms with E-state index in [1.165, 1.54) is 5.56 Å². The molecule has 0 spiro atoms. The largest absolute Gasteiger partial charge is 0.322 e. The van der Waals surface area contributed by atoms with E-state index in [9.17, 15) is 0 Å². The lowest BCUT2D eigenvalue weighted by Gasteiger charge is -2.08. The molecule has 0 saturated carbocycles. The van der Waals surface area contributed by atoms with Gasteiger partial charge in [-0.25, -0.2) is 4.98 Å². The summed E-state index contributed by atoms with van der Waals surface area (Å²) in [5.74, 6) is 1.21. The molecule has 2 heterocycles. The minimum absolute atomic E-state index is 0.366. The Kier molecular flexibility index (Phi) is 3.68. The summed E-state index contributed by atoms with van der Waals surface area (Å²) in [4.78, 5) is 4.58. The van der Waals surface area contributed by atoms with Crippen molar-refractivity contribution in [2.24, 2.45) is 7.05 Å². The number of rotatable bonds is 3. The van der Waals surface area contributed by atoms with Crippen molar-refractivity contribution < 1.29 is 0 Å². The van der Waals surface area contributed by atoms with Crippen molar-refractivity contribution in [3.05, 3.63) is 46.0 Å². The molecule has 0 N–H and O–H groups in total. The molecule has 0 unspecified atom stereocenters. The lowest BCUT2D eigenvalue weighted by Crippen LogP contribution is -2.06. The van der Waals surface area contributed by atoms with Crippen molar-refractivity contribution >= 4 is 34.2 Å². The van der Waals surface area contributed by atoms with E-state index in [-0.39, 0.29) is 0 Å². The Bertz CT molecular complexity index is 817. The molecule has 0 aliphatic heterocycles. The molecule has 0 aliphatic rings. The molecule has 1 aromatic carbocycles. The van der Waals surface area contributed by atoms with Crippen LogP contribution >= 0.6 is 23.2 Å². The van der Waals surface area contributed by atoms with Gasteiger partial charge in [-0.05, 0) is 32.0 Å². The SMILES string of the molecule is Cc1nn(C)c(C)c1Cn1c(CCl)nc2ccc(Cl)cc21. The summed E-state index contributed by atoms with van der Waals surface area (Å²) in [6, 6.07) is 5.70. The van der Waals surface area contributed by atoms with Crippen LogP contribution in [0.25, 0.3) is 11.0 Å². The highest BCUT2D eigenvalue weighted by molar-refractivity contribution is 6.31. The van der Waals surface area contributed by atoms with Gasteiger partial charge in [0.25, 0.3) is 0 Å². The second-order valence-electron chi connectivity index (χ2n) is 5.15. The van der Waals surface area contributed by atoms with Crippen molar-refractivity contribution in [3.63, 3.8) is 0 Å². The highest BCUT2D eigenvalue weighted by Crippen LogP contribution is 2.24. The van der Waals surface area contributed by atoms with Gasteiger partial charge >= 0.3 is 0 Å². The molecule has 3 aromatic rings. The van der Waals surface area contributed by atoms with Crippen molar-refractivity contribution in [2.75, 3.05) is 0 Å². The topological polar surface area (TPSA) is 35.6 Å². The second kappa shape index (κ2) is 5.35. The van der Waals surface area contributed by atoms with E-state index in [0.717, 1.165) is 28.2 Å². The summed E-state index contributed by atoms with van der Waals surface area (Å²) in [5, 5.41) is 5.17. The standard InChI is InChI=1S/C15H16Cl2N4/c1-9-12(10(2)20(3)19-9)8-21-14-6-11(17)4-5-13(14)18-15(21)7-16/h4-6H,7-8H2,1-3H3. The van der Waals surface area contributed by atoms with E-state index >= 15 is 0 Å². The molecule has 6 heteroatoms. The number of hydrogen-bond acceptors (Lipinski definition) is 2. The molecule has 0 radical (unpaired) electrons. The third-order valence-electron chi connectivity index (χ3n) is 3.88. The smallest absolute Gasteiger partial charge is 0.125 e. The number of imidazole rings is 1. The van der Waals surface area contributed by atoms with Crippen LogP contribution in [-0.2, 0) is 19.5 Å². The van der Waals surface area contributed by atoms with Gasteiger partial charge in [-0.3, -0.25) is 4.68 Å². The molecule has 0 saturated heterocycles. The van der Waals surface area contributed by atoms with Crippen molar-refractivity contribution in [2.45, 2.75) is 26.3 Å². The van der Waals surface area contributed by atoms with Crippen molar-refractivity contribution in [1.82, 2.24) is 19.3 Å². The number of hydrogen-bond donors (Lipinski definition) is 0. The molecule has 4 nitrogen and oxygen atoms in total. The first-order chi connectivity index (χ1) is 10.0. The minimum atomic E-state index is 0.366. The number of halogens is 2. The van der Waals surface area contributed by atoms with Crippen LogP contribution in [0.1, 0.15) is 22.8 Å². The van der Waals surface area contributed by atoms with Crippen LogP contribution in [0.15, 0.2) is 18.2 Å². The Labute approximate surface area is 133 Å². The van der Waals surface area contributed by atoms with Gasteiger partial charge in [-0.15, -0.1) is 11.6 Å². The van der Waals surface area contributed by atoms with E-state index in [1.807, 2.05) is 36.9 Å². The van der Waals surface area contributed by atoms with Gasteiger partial charge in [-0.2, -0.15) is 5.10 Å². The number of fused-ring (bicyclic) bond motifs is 1. The molecule has 0 fully saturated rings. The van der Waals surface area contributed by atoms with Gasteiger partial charge in [0.2, 0.25) is 0 Å². The quantitative estimate of drug-likeness (QED) is 0.687. The molecular formula is C15H16Cl2N4. The third kappa shape index (κ3) is 2.43. The zero-order chi connectivity index (χ0) is 15.1. The van der Waals surface area contributed by atoms with Crippen LogP contribution < -0.4 is 0 Å². The molecule has 2 aromatic heterocycles. The van der Waals surface area contributed by atoms with Crippen LogP contribution in [0, 0.1) is 13.8 Å². The first-order valence-corrected chi connectivity index (χ1v) is 7.62. The predicted octanol–water partition coefficient (Wildman–Crippen LogP) is 3.83. The van der Waals surface area contributed by atoms with E-state index < -0.39 is 0 Å². The second-order valence-corrected chi connectivity index (χ2v) is 5.86. The Balaban J connectivity index is 2.17. The normalized spacial score (nSPS) is 11.5. The van der Waals surface area contributed by atoms with Gasteiger partial charge in [0, 0.05) is 23.3 Å². The van der Waals surface area contributed by atoms with Crippen LogP contribution in [0.5, 0.6) is 0 Å². The fourth-order valence-corrected chi connectivity index (χ4v) is 3.00. The molecule has 0 aliphatic carbocycles. The number of aryl methyl sites for hydroxylation is 2. The minimum Gasteiger partial charge on any atom is -0.322 e. The molecule has 21 heavy (non-hydrogen) atoms. The summed E-state index contributed by atoms with van der Waals surface area (Å²) < 4.78 is 4.02. The maximum Gasteiger partial charge on any atom is 0.125 e. The highest BCUT2D eigenvalue weighted by Gasteiger charge is 2.15. The Morgan fingerprint density at radius 1 is 1.24 bits per heavy atom. The van der Waals surface area contributed by atoms with Crippen LogP contribution in [0.3, 0.4) is 0 Å². The molecule has 0 atom stereocenters. The van der Waals surface area contributed by atoms with Crippen LogP contribution in [0.4, 0.5) is 0 Å². The predicted molar refractivity (Wildman–Crippen MR) is 86.1 cm³/mol. The molecule has 0 amide bonds. The zero-order valence-corrected chi connectivity index (χ0v) is 13.7. The van der Waals surface area contributed by atoms with Crippen molar-refractivity contribution in [1.29, 1.82) is 0 Å². The van der Waals surface area contributed by atoms with Gasteiger partial charge in [0.1, 0.15) is 5.82 Å². The number of benzene rings is 1. The maximum absolute atomic E-state index is 6.12. The third-order valence-corrected chi connectivity index (χ3v) is 4.36. The fraction of sp³-hybridized carbons (Fsp3) is 0.333. The summed E-state index contributed by atoms with van der Waals surface area (Å²) in [6.07, 6.45) is 0. The highest BCUT2D eigenvalue weighted by atomic mass is 35.5. The average Bonchev–Trinajstić information content (AvgIpc) is 2.91. The number of nitrogens with zero attached hydrogens (tertiary/aromatic N) is 4. The summed E-state index contributed by atoms with van der Waals surface area (Å²) in [5.41, 5.74) is 5.29. The van der Waals surface area contributed by atoms with Crippen LogP contribution in [0.2, 0.25) is 5.02 Å². The van der Waals surface area contributed by atoms with Crippen molar-refractivity contribution in [3.8, 4) is 0 Å². The number of aromatic nitrogens is 4. The van der Waals surface area contributed by atoms with Gasteiger partial charge < -0.3 is 4.57 Å². The zero-order valence-electron chi connectivity index (χ0n) is 12.2. The Morgan fingerprint density at radius 3 is 2.62 bits per heavy atom. The number of alkyl halides is 1. The molecular weight excluding hydrogens is 307 g/mol. The van der Waals surface area contributed by atoms with E-state index in [0.29, 0.717) is 17.4 Å². The lowest BCUT2D eigenvalue weighted by molar-refractivity contribution is 0.725. The van der Waals surface area contributed by atoms with Gasteiger partial charge in [0.15, 0.2) is 0 Å². The first kappa shape index (κ1) is 14.4. The molecule has 110 valence electrons. The summed E-state index contributed by atoms with van der Waals surface area (Å²) >= 11 is 12.2. The van der Waals surface area contributed by atoms with E-state index in [2.05, 4.69) is 21.6 Å².